The molecule has 0 aromatic carbocycles. The average Bonchev–Trinajstić information content (AvgIpc) is 2.35. The fraction of sp³-hybridized carbons (Fsp3) is 0.875. The number of hydrogen-bond acceptors (Lipinski definition) is 4. The predicted molar refractivity (Wildman–Crippen MR) is 82.8 cm³/mol. The summed E-state index contributed by atoms with van der Waals surface area (Å²) in [6.07, 6.45) is 2.29. The van der Waals surface area contributed by atoms with Gasteiger partial charge < -0.3 is 15.0 Å². The van der Waals surface area contributed by atoms with Gasteiger partial charge in [-0.05, 0) is 44.7 Å². The molecule has 0 radical (unpaired) electrons. The van der Waals surface area contributed by atoms with Gasteiger partial charge in [-0.15, -0.1) is 0 Å². The number of carbonyl (C=O) groups excluding carboxylic acids is 2. The third kappa shape index (κ3) is 5.65. The minimum Gasteiger partial charge on any atom is -0.465 e. The van der Waals surface area contributed by atoms with Crippen LogP contribution in [0.5, 0.6) is 0 Å². The normalized spacial score (nSPS) is 21.7. The Labute approximate surface area is 128 Å². The number of rotatable bonds is 5. The molecule has 0 aliphatic carbocycles. The molecule has 1 saturated heterocycles. The highest BCUT2D eigenvalue weighted by atomic mass is 16.5. The summed E-state index contributed by atoms with van der Waals surface area (Å²) >= 11 is 0. The summed E-state index contributed by atoms with van der Waals surface area (Å²) < 4.78 is 5.05. The first-order valence-corrected chi connectivity index (χ1v) is 7.88. The van der Waals surface area contributed by atoms with Crippen LogP contribution >= 0.6 is 0 Å². The molecule has 0 spiro atoms. The Balaban J connectivity index is 2.58. The van der Waals surface area contributed by atoms with Crippen molar-refractivity contribution in [3.8, 4) is 0 Å². The molecule has 2 unspecified atom stereocenters. The fourth-order valence-corrected chi connectivity index (χ4v) is 2.87. The van der Waals surface area contributed by atoms with Crippen LogP contribution in [0.3, 0.4) is 0 Å². The minimum atomic E-state index is -0.751. The summed E-state index contributed by atoms with van der Waals surface area (Å²) in [5, 5.41) is 2.95. The van der Waals surface area contributed by atoms with E-state index in [9.17, 15) is 9.59 Å². The van der Waals surface area contributed by atoms with Gasteiger partial charge in [-0.25, -0.2) is 0 Å². The Hall–Kier alpha value is -1.10. The number of piperidine rings is 1. The van der Waals surface area contributed by atoms with Gasteiger partial charge in [-0.1, -0.05) is 20.8 Å². The Bertz CT molecular complexity index is 363. The highest BCUT2D eigenvalue weighted by Crippen LogP contribution is 2.27. The molecular formula is C16H30N2O3. The second-order valence-electron chi connectivity index (χ2n) is 7.07. The molecule has 0 aromatic heterocycles. The highest BCUT2D eigenvalue weighted by Gasteiger charge is 2.39. The maximum atomic E-state index is 12.4. The smallest absolute Gasteiger partial charge is 0.319 e. The maximum absolute atomic E-state index is 12.4. The fourth-order valence-electron chi connectivity index (χ4n) is 2.87. The molecule has 0 saturated carbocycles. The number of hydrogen-bond donors (Lipinski definition) is 1. The van der Waals surface area contributed by atoms with Gasteiger partial charge in [0.05, 0.1) is 6.61 Å². The standard InChI is InChI=1S/C16H30N2O3/c1-6-21-15(20)13(16(2,3)4)14(19)17-10-12-8-7-9-18(5)11-12/h12-13H,6-11H2,1-5H3,(H,17,19). The molecule has 1 rings (SSSR count). The van der Waals surface area contributed by atoms with Crippen LogP contribution in [0.2, 0.25) is 0 Å². The highest BCUT2D eigenvalue weighted by molar-refractivity contribution is 5.98. The van der Waals surface area contributed by atoms with E-state index in [0.29, 0.717) is 19.1 Å². The molecule has 1 aliphatic heterocycles. The summed E-state index contributed by atoms with van der Waals surface area (Å²) in [7, 11) is 2.10. The maximum Gasteiger partial charge on any atom is 0.319 e. The zero-order chi connectivity index (χ0) is 16.0. The summed E-state index contributed by atoms with van der Waals surface area (Å²) in [5.41, 5.74) is -0.445. The molecule has 0 bridgehead atoms. The van der Waals surface area contributed by atoms with E-state index < -0.39 is 17.3 Å². The molecule has 122 valence electrons. The SMILES string of the molecule is CCOC(=O)C(C(=O)NCC1CCCN(C)C1)C(C)(C)C. The lowest BCUT2D eigenvalue weighted by atomic mass is 9.80. The van der Waals surface area contributed by atoms with E-state index in [1.807, 2.05) is 20.8 Å². The quantitative estimate of drug-likeness (QED) is 0.619. The first-order chi connectivity index (χ1) is 9.75. The monoisotopic (exact) mass is 298 g/mol. The second-order valence-corrected chi connectivity index (χ2v) is 7.07. The number of likely N-dealkylation sites (tertiary alicyclic amines) is 1. The minimum absolute atomic E-state index is 0.214. The van der Waals surface area contributed by atoms with Gasteiger partial charge in [0, 0.05) is 13.1 Å². The van der Waals surface area contributed by atoms with Crippen molar-refractivity contribution in [1.82, 2.24) is 10.2 Å². The van der Waals surface area contributed by atoms with Crippen LogP contribution in [0.25, 0.3) is 0 Å². The van der Waals surface area contributed by atoms with Crippen LogP contribution in [0.4, 0.5) is 0 Å². The van der Waals surface area contributed by atoms with Gasteiger partial charge in [0.15, 0.2) is 0 Å². The Kier molecular flexibility index (Phi) is 6.65. The van der Waals surface area contributed by atoms with Gasteiger partial charge in [0.2, 0.25) is 5.91 Å². The van der Waals surface area contributed by atoms with Crippen LogP contribution < -0.4 is 5.32 Å². The molecule has 1 aliphatic rings. The van der Waals surface area contributed by atoms with E-state index in [0.717, 1.165) is 25.9 Å². The molecule has 21 heavy (non-hydrogen) atoms. The second kappa shape index (κ2) is 7.78. The van der Waals surface area contributed by atoms with Crippen molar-refractivity contribution >= 4 is 11.9 Å². The van der Waals surface area contributed by atoms with Crippen LogP contribution in [0.15, 0.2) is 0 Å². The third-order valence-electron chi connectivity index (χ3n) is 3.94. The topological polar surface area (TPSA) is 58.6 Å². The van der Waals surface area contributed by atoms with E-state index in [1.165, 1.54) is 0 Å². The average molecular weight is 298 g/mol. The van der Waals surface area contributed by atoms with Crippen molar-refractivity contribution in [1.29, 1.82) is 0 Å². The van der Waals surface area contributed by atoms with E-state index in [2.05, 4.69) is 17.3 Å². The van der Waals surface area contributed by atoms with Gasteiger partial charge >= 0.3 is 5.97 Å². The number of amides is 1. The molecule has 1 amide bonds. The number of nitrogens with zero attached hydrogens (tertiary/aromatic N) is 1. The van der Waals surface area contributed by atoms with Crippen molar-refractivity contribution in [2.24, 2.45) is 17.3 Å². The first kappa shape index (κ1) is 18.0. The molecule has 1 N–H and O–H groups in total. The molecular weight excluding hydrogens is 268 g/mol. The number of esters is 1. The summed E-state index contributed by atoms with van der Waals surface area (Å²) in [4.78, 5) is 26.7. The zero-order valence-electron chi connectivity index (χ0n) is 14.1. The van der Waals surface area contributed by atoms with Crippen molar-refractivity contribution in [3.63, 3.8) is 0 Å². The molecule has 5 heteroatoms. The lowest BCUT2D eigenvalue weighted by molar-refractivity contribution is -0.156. The first-order valence-electron chi connectivity index (χ1n) is 7.88. The summed E-state index contributed by atoms with van der Waals surface area (Å²) in [6.45, 7) is 10.5. The van der Waals surface area contributed by atoms with Gasteiger partial charge in [-0.3, -0.25) is 9.59 Å². The summed E-state index contributed by atoms with van der Waals surface area (Å²) in [5.74, 6) is -0.924. The van der Waals surface area contributed by atoms with Crippen LogP contribution in [0.1, 0.15) is 40.5 Å². The molecule has 0 aromatic rings. The lowest BCUT2D eigenvalue weighted by Gasteiger charge is -2.31. The van der Waals surface area contributed by atoms with Crippen LogP contribution in [-0.4, -0.2) is 50.1 Å². The number of carbonyl (C=O) groups is 2. The van der Waals surface area contributed by atoms with Crippen molar-refractivity contribution < 1.29 is 14.3 Å². The Morgan fingerprint density at radius 3 is 2.57 bits per heavy atom. The van der Waals surface area contributed by atoms with Gasteiger partial charge in [0.1, 0.15) is 5.92 Å². The van der Waals surface area contributed by atoms with Crippen LogP contribution in [0, 0.1) is 17.3 Å². The van der Waals surface area contributed by atoms with Crippen LogP contribution in [-0.2, 0) is 14.3 Å². The Morgan fingerprint density at radius 1 is 1.38 bits per heavy atom. The lowest BCUT2D eigenvalue weighted by Crippen LogP contribution is -2.46. The zero-order valence-corrected chi connectivity index (χ0v) is 14.1. The Morgan fingerprint density at radius 2 is 2.05 bits per heavy atom. The predicted octanol–water partition coefficient (Wildman–Crippen LogP) is 1.67. The van der Waals surface area contributed by atoms with E-state index in [4.69, 9.17) is 4.74 Å². The van der Waals surface area contributed by atoms with E-state index >= 15 is 0 Å². The van der Waals surface area contributed by atoms with Gasteiger partial charge in [0.25, 0.3) is 0 Å². The number of ether oxygens (including phenoxy) is 1. The van der Waals surface area contributed by atoms with Crippen molar-refractivity contribution in [2.75, 3.05) is 33.3 Å². The molecule has 5 nitrogen and oxygen atoms in total. The summed E-state index contributed by atoms with van der Waals surface area (Å²) in [6, 6.07) is 0. The van der Waals surface area contributed by atoms with E-state index in [-0.39, 0.29) is 5.91 Å². The third-order valence-corrected chi connectivity index (χ3v) is 3.94. The van der Waals surface area contributed by atoms with Gasteiger partial charge in [-0.2, -0.15) is 0 Å². The van der Waals surface area contributed by atoms with Crippen molar-refractivity contribution in [3.05, 3.63) is 0 Å². The molecule has 1 heterocycles. The van der Waals surface area contributed by atoms with E-state index in [1.54, 1.807) is 6.92 Å². The van der Waals surface area contributed by atoms with Crippen molar-refractivity contribution in [2.45, 2.75) is 40.5 Å². The number of nitrogens with one attached hydrogen (secondary N) is 1. The molecule has 2 atom stereocenters. The largest absolute Gasteiger partial charge is 0.465 e. The molecule has 1 fully saturated rings.